The maximum atomic E-state index is 12.9. The van der Waals surface area contributed by atoms with E-state index in [1.807, 2.05) is 30.3 Å². The van der Waals surface area contributed by atoms with Crippen LogP contribution in [0, 0.1) is 0 Å². The van der Waals surface area contributed by atoms with Gasteiger partial charge in [0.15, 0.2) is 0 Å². The highest BCUT2D eigenvalue weighted by molar-refractivity contribution is 6.22. The molecule has 0 aromatic heterocycles. The monoisotopic (exact) mass is 430 g/mol. The van der Waals surface area contributed by atoms with Crippen LogP contribution in [0.4, 0.5) is 5.69 Å². The molecule has 4 rings (SSSR count). The summed E-state index contributed by atoms with van der Waals surface area (Å²) < 4.78 is 10.4. The van der Waals surface area contributed by atoms with Crippen molar-refractivity contribution in [1.82, 2.24) is 4.90 Å². The average Bonchev–Trinajstić information content (AvgIpc) is 3.06. The highest BCUT2D eigenvalue weighted by atomic mass is 16.5. The fourth-order valence-electron chi connectivity index (χ4n) is 3.60. The van der Waals surface area contributed by atoms with E-state index in [0.717, 1.165) is 5.56 Å². The molecule has 0 saturated heterocycles. The zero-order valence-electron chi connectivity index (χ0n) is 17.8. The summed E-state index contributed by atoms with van der Waals surface area (Å²) in [5.74, 6) is -0.0815. The van der Waals surface area contributed by atoms with Crippen LogP contribution in [0.15, 0.2) is 66.7 Å². The van der Waals surface area contributed by atoms with Crippen molar-refractivity contribution in [3.63, 3.8) is 0 Å². The molecule has 3 amide bonds. The van der Waals surface area contributed by atoms with Crippen molar-refractivity contribution in [2.75, 3.05) is 26.1 Å². The van der Waals surface area contributed by atoms with E-state index >= 15 is 0 Å². The maximum Gasteiger partial charge on any atom is 0.261 e. The van der Waals surface area contributed by atoms with Gasteiger partial charge < -0.3 is 14.8 Å². The second kappa shape index (κ2) is 8.93. The Morgan fingerprint density at radius 3 is 2.16 bits per heavy atom. The SMILES string of the molecule is COc1cc(NC(=O)c2ccc3c(c2)C(=O)N(CCc2ccccc2)C3=O)cc(OC)c1. The third kappa shape index (κ3) is 4.18. The molecule has 1 aliphatic heterocycles. The maximum absolute atomic E-state index is 12.9. The van der Waals surface area contributed by atoms with Gasteiger partial charge in [0.1, 0.15) is 11.5 Å². The molecule has 162 valence electrons. The largest absolute Gasteiger partial charge is 0.497 e. The summed E-state index contributed by atoms with van der Waals surface area (Å²) >= 11 is 0. The molecule has 0 atom stereocenters. The van der Waals surface area contributed by atoms with Crippen molar-refractivity contribution in [3.05, 3.63) is 89.0 Å². The summed E-state index contributed by atoms with van der Waals surface area (Å²) in [6.07, 6.45) is 0.567. The summed E-state index contributed by atoms with van der Waals surface area (Å²) in [6, 6.07) is 19.2. The molecule has 1 aliphatic rings. The third-order valence-electron chi connectivity index (χ3n) is 5.31. The Morgan fingerprint density at radius 2 is 1.50 bits per heavy atom. The van der Waals surface area contributed by atoms with Crippen LogP contribution in [0.3, 0.4) is 0 Å². The van der Waals surface area contributed by atoms with Gasteiger partial charge in [0.05, 0.1) is 25.3 Å². The van der Waals surface area contributed by atoms with Crippen LogP contribution in [0.5, 0.6) is 11.5 Å². The molecule has 0 bridgehead atoms. The molecule has 0 unspecified atom stereocenters. The summed E-state index contributed by atoms with van der Waals surface area (Å²) in [7, 11) is 3.04. The zero-order valence-corrected chi connectivity index (χ0v) is 17.8. The lowest BCUT2D eigenvalue weighted by Gasteiger charge is -2.13. The summed E-state index contributed by atoms with van der Waals surface area (Å²) in [6.45, 7) is 0.279. The van der Waals surface area contributed by atoms with E-state index in [0.29, 0.717) is 29.2 Å². The molecule has 0 aliphatic carbocycles. The van der Waals surface area contributed by atoms with Crippen molar-refractivity contribution < 1.29 is 23.9 Å². The molecule has 0 radical (unpaired) electrons. The van der Waals surface area contributed by atoms with Crippen LogP contribution in [-0.2, 0) is 6.42 Å². The summed E-state index contributed by atoms with van der Waals surface area (Å²) in [5, 5.41) is 2.77. The predicted molar refractivity (Wildman–Crippen MR) is 119 cm³/mol. The first-order valence-corrected chi connectivity index (χ1v) is 10.1. The molecule has 3 aromatic carbocycles. The smallest absolute Gasteiger partial charge is 0.261 e. The summed E-state index contributed by atoms with van der Waals surface area (Å²) in [4.78, 5) is 39.6. The Hall–Kier alpha value is -4.13. The highest BCUT2D eigenvalue weighted by Gasteiger charge is 2.35. The molecule has 1 heterocycles. The van der Waals surface area contributed by atoms with E-state index in [2.05, 4.69) is 5.32 Å². The number of rotatable bonds is 7. The van der Waals surface area contributed by atoms with Gasteiger partial charge in [-0.15, -0.1) is 0 Å². The van der Waals surface area contributed by atoms with Gasteiger partial charge in [-0.25, -0.2) is 0 Å². The fourth-order valence-corrected chi connectivity index (χ4v) is 3.60. The first-order chi connectivity index (χ1) is 15.5. The number of fused-ring (bicyclic) bond motifs is 1. The minimum atomic E-state index is -0.411. The molecular weight excluding hydrogens is 408 g/mol. The minimum absolute atomic E-state index is 0.235. The number of hydrogen-bond donors (Lipinski definition) is 1. The lowest BCUT2D eigenvalue weighted by molar-refractivity contribution is 0.0656. The Kier molecular flexibility index (Phi) is 5.89. The molecule has 7 heteroatoms. The quantitative estimate of drug-likeness (QED) is 0.577. The number of hydrogen-bond acceptors (Lipinski definition) is 5. The zero-order chi connectivity index (χ0) is 22.7. The molecule has 32 heavy (non-hydrogen) atoms. The first-order valence-electron chi connectivity index (χ1n) is 10.1. The van der Waals surface area contributed by atoms with Gasteiger partial charge in [-0.05, 0) is 30.2 Å². The second-order valence-electron chi connectivity index (χ2n) is 7.31. The van der Waals surface area contributed by atoms with Crippen LogP contribution in [0.1, 0.15) is 36.6 Å². The Bertz CT molecular complexity index is 1170. The lowest BCUT2D eigenvalue weighted by atomic mass is 10.1. The van der Waals surface area contributed by atoms with Gasteiger partial charge in [-0.3, -0.25) is 19.3 Å². The number of anilines is 1. The van der Waals surface area contributed by atoms with Gasteiger partial charge in [-0.1, -0.05) is 30.3 Å². The lowest BCUT2D eigenvalue weighted by Crippen LogP contribution is -2.31. The molecule has 1 N–H and O–H groups in total. The van der Waals surface area contributed by atoms with Crippen LogP contribution in [-0.4, -0.2) is 43.4 Å². The average molecular weight is 430 g/mol. The topological polar surface area (TPSA) is 84.9 Å². The van der Waals surface area contributed by atoms with Gasteiger partial charge in [0, 0.05) is 36.0 Å². The fraction of sp³-hybridized carbons (Fsp3) is 0.160. The van der Waals surface area contributed by atoms with Crippen LogP contribution < -0.4 is 14.8 Å². The normalized spacial score (nSPS) is 12.5. The highest BCUT2D eigenvalue weighted by Crippen LogP contribution is 2.27. The van der Waals surface area contributed by atoms with Crippen molar-refractivity contribution in [1.29, 1.82) is 0 Å². The predicted octanol–water partition coefficient (Wildman–Crippen LogP) is 3.79. The number of benzene rings is 3. The number of nitrogens with zero attached hydrogens (tertiary/aromatic N) is 1. The standard InChI is InChI=1S/C25H22N2O5/c1-31-19-13-18(14-20(15-19)32-2)26-23(28)17-8-9-21-22(12-17)25(30)27(24(21)29)11-10-16-6-4-3-5-7-16/h3-9,12-15H,10-11H2,1-2H3,(H,26,28). The Labute approximate surface area is 185 Å². The number of amides is 3. The van der Waals surface area contributed by atoms with E-state index < -0.39 is 11.8 Å². The Morgan fingerprint density at radius 1 is 0.844 bits per heavy atom. The van der Waals surface area contributed by atoms with Gasteiger partial charge >= 0.3 is 0 Å². The van der Waals surface area contributed by atoms with Crippen molar-refractivity contribution in [2.24, 2.45) is 0 Å². The van der Waals surface area contributed by atoms with Crippen molar-refractivity contribution >= 4 is 23.4 Å². The van der Waals surface area contributed by atoms with E-state index in [9.17, 15) is 14.4 Å². The molecule has 0 saturated carbocycles. The number of ether oxygens (including phenoxy) is 2. The minimum Gasteiger partial charge on any atom is -0.497 e. The Balaban J connectivity index is 1.51. The van der Waals surface area contributed by atoms with E-state index in [4.69, 9.17) is 9.47 Å². The number of carbonyl (C=O) groups excluding carboxylic acids is 3. The number of methoxy groups -OCH3 is 2. The summed E-state index contributed by atoms with van der Waals surface area (Å²) in [5.41, 5.74) is 2.34. The second-order valence-corrected chi connectivity index (χ2v) is 7.31. The number of carbonyl (C=O) groups is 3. The molecule has 3 aromatic rings. The molecule has 0 spiro atoms. The van der Waals surface area contributed by atoms with Gasteiger partial charge in [-0.2, -0.15) is 0 Å². The van der Waals surface area contributed by atoms with E-state index in [1.165, 1.54) is 37.3 Å². The van der Waals surface area contributed by atoms with E-state index in [1.54, 1.807) is 18.2 Å². The molecule has 0 fully saturated rings. The first kappa shape index (κ1) is 21.1. The van der Waals surface area contributed by atoms with Crippen LogP contribution in [0.2, 0.25) is 0 Å². The van der Waals surface area contributed by atoms with Crippen LogP contribution >= 0.6 is 0 Å². The van der Waals surface area contributed by atoms with E-state index in [-0.39, 0.29) is 23.6 Å². The van der Waals surface area contributed by atoms with Crippen molar-refractivity contribution in [2.45, 2.75) is 6.42 Å². The van der Waals surface area contributed by atoms with Crippen molar-refractivity contribution in [3.8, 4) is 11.5 Å². The molecule has 7 nitrogen and oxygen atoms in total. The number of imide groups is 1. The van der Waals surface area contributed by atoms with Gasteiger partial charge in [0.25, 0.3) is 17.7 Å². The number of nitrogens with one attached hydrogen (secondary N) is 1. The van der Waals surface area contributed by atoms with Gasteiger partial charge in [0.2, 0.25) is 0 Å². The molecular formula is C25H22N2O5. The third-order valence-corrected chi connectivity index (χ3v) is 5.31. The van der Waals surface area contributed by atoms with Crippen LogP contribution in [0.25, 0.3) is 0 Å².